The van der Waals surface area contributed by atoms with Crippen molar-refractivity contribution in [1.82, 2.24) is 0 Å². The Bertz CT molecular complexity index is 637. The number of aryl methyl sites for hydroxylation is 1. The topological polar surface area (TPSA) is 86.3 Å². The molecule has 0 fully saturated rings. The van der Waals surface area contributed by atoms with Crippen LogP contribution in [-0.4, -0.2) is 9.85 Å². The van der Waals surface area contributed by atoms with Crippen LogP contribution in [0.1, 0.15) is 5.56 Å². The van der Waals surface area contributed by atoms with Crippen molar-refractivity contribution in [1.29, 1.82) is 0 Å². The standard InChI is InChI=1S/C11H8N2O4/c1-7-8-4-2-3-5-9(8)11(13(16)17)6-10(7)12(14)15/h2-6H,1H3. The van der Waals surface area contributed by atoms with E-state index >= 15 is 0 Å². The summed E-state index contributed by atoms with van der Waals surface area (Å²) in [5.74, 6) is 0. The lowest BCUT2D eigenvalue weighted by Crippen LogP contribution is -1.97. The van der Waals surface area contributed by atoms with Crippen molar-refractivity contribution in [2.45, 2.75) is 6.92 Å². The fourth-order valence-electron chi connectivity index (χ4n) is 1.83. The fraction of sp³-hybridized carbons (Fsp3) is 0.0909. The predicted molar refractivity (Wildman–Crippen MR) is 62.0 cm³/mol. The maximum atomic E-state index is 10.9. The first-order valence-corrected chi connectivity index (χ1v) is 4.83. The molecule has 2 rings (SSSR count). The third-order valence-corrected chi connectivity index (χ3v) is 2.66. The van der Waals surface area contributed by atoms with Gasteiger partial charge in [0.15, 0.2) is 0 Å². The molecule has 86 valence electrons. The van der Waals surface area contributed by atoms with E-state index < -0.39 is 9.85 Å². The molecular weight excluding hydrogens is 224 g/mol. The summed E-state index contributed by atoms with van der Waals surface area (Å²) in [7, 11) is 0. The number of nitrogens with zero attached hydrogens (tertiary/aromatic N) is 2. The summed E-state index contributed by atoms with van der Waals surface area (Å²) < 4.78 is 0. The van der Waals surface area contributed by atoms with Gasteiger partial charge < -0.3 is 0 Å². The molecule has 0 saturated carbocycles. The molecule has 0 heterocycles. The normalized spacial score (nSPS) is 10.4. The van der Waals surface area contributed by atoms with Crippen molar-refractivity contribution in [2.24, 2.45) is 0 Å². The van der Waals surface area contributed by atoms with Crippen LogP contribution in [0.4, 0.5) is 11.4 Å². The van der Waals surface area contributed by atoms with Crippen LogP contribution in [0.2, 0.25) is 0 Å². The molecule has 0 aliphatic heterocycles. The van der Waals surface area contributed by atoms with Gasteiger partial charge in [-0.2, -0.15) is 0 Å². The minimum absolute atomic E-state index is 0.226. The second-order valence-corrected chi connectivity index (χ2v) is 3.60. The second kappa shape index (κ2) is 3.82. The monoisotopic (exact) mass is 232 g/mol. The van der Waals surface area contributed by atoms with Gasteiger partial charge in [0.05, 0.1) is 21.3 Å². The summed E-state index contributed by atoms with van der Waals surface area (Å²) >= 11 is 0. The molecule has 0 radical (unpaired) electrons. The van der Waals surface area contributed by atoms with Gasteiger partial charge in [-0.05, 0) is 18.4 Å². The van der Waals surface area contributed by atoms with E-state index in [1.807, 2.05) is 0 Å². The van der Waals surface area contributed by atoms with E-state index in [1.54, 1.807) is 31.2 Å². The number of fused-ring (bicyclic) bond motifs is 1. The Balaban J connectivity index is 2.94. The number of hydrogen-bond donors (Lipinski definition) is 0. The zero-order valence-electron chi connectivity index (χ0n) is 8.91. The Kier molecular flexibility index (Phi) is 2.47. The van der Waals surface area contributed by atoms with Gasteiger partial charge in [-0.3, -0.25) is 20.2 Å². The van der Waals surface area contributed by atoms with Crippen molar-refractivity contribution in [3.05, 3.63) is 56.1 Å². The van der Waals surface area contributed by atoms with E-state index in [0.717, 1.165) is 6.07 Å². The number of nitro groups is 2. The number of nitro benzene ring substituents is 2. The van der Waals surface area contributed by atoms with E-state index in [9.17, 15) is 20.2 Å². The molecule has 6 heteroatoms. The summed E-state index contributed by atoms with van der Waals surface area (Å²) in [5.41, 5.74) is -0.0236. The van der Waals surface area contributed by atoms with Crippen molar-refractivity contribution < 1.29 is 9.85 Å². The van der Waals surface area contributed by atoms with Crippen LogP contribution in [-0.2, 0) is 0 Å². The molecule has 0 spiro atoms. The molecule has 17 heavy (non-hydrogen) atoms. The SMILES string of the molecule is Cc1c([N+](=O)[O-])cc([N+](=O)[O-])c2ccccc12. The minimum atomic E-state index is -0.602. The highest BCUT2D eigenvalue weighted by Gasteiger charge is 2.22. The molecule has 6 nitrogen and oxygen atoms in total. The first kappa shape index (κ1) is 11.0. The highest BCUT2D eigenvalue weighted by Crippen LogP contribution is 2.34. The molecule has 0 aromatic heterocycles. The molecular formula is C11H8N2O4. The largest absolute Gasteiger partial charge is 0.284 e. The molecule has 0 aliphatic rings. The second-order valence-electron chi connectivity index (χ2n) is 3.60. The first-order chi connectivity index (χ1) is 8.02. The van der Waals surface area contributed by atoms with Crippen LogP contribution in [0, 0.1) is 27.2 Å². The third kappa shape index (κ3) is 1.69. The van der Waals surface area contributed by atoms with Gasteiger partial charge in [0.25, 0.3) is 11.4 Å². The lowest BCUT2D eigenvalue weighted by atomic mass is 10.0. The third-order valence-electron chi connectivity index (χ3n) is 2.66. The van der Waals surface area contributed by atoms with Gasteiger partial charge in [0.1, 0.15) is 0 Å². The summed E-state index contributed by atoms with van der Waals surface area (Å²) in [6, 6.07) is 7.61. The molecule has 0 atom stereocenters. The average Bonchev–Trinajstić information content (AvgIpc) is 2.29. The Labute approximate surface area is 95.8 Å². The highest BCUT2D eigenvalue weighted by molar-refractivity contribution is 5.95. The lowest BCUT2D eigenvalue weighted by Gasteiger charge is -2.03. The van der Waals surface area contributed by atoms with Crippen LogP contribution < -0.4 is 0 Å². The van der Waals surface area contributed by atoms with Crippen molar-refractivity contribution >= 4 is 22.1 Å². The van der Waals surface area contributed by atoms with Crippen LogP contribution in [0.3, 0.4) is 0 Å². The van der Waals surface area contributed by atoms with Crippen molar-refractivity contribution in [3.63, 3.8) is 0 Å². The maximum absolute atomic E-state index is 10.9. The summed E-state index contributed by atoms with van der Waals surface area (Å²) in [6.07, 6.45) is 0. The van der Waals surface area contributed by atoms with Gasteiger partial charge in [0.2, 0.25) is 0 Å². The highest BCUT2D eigenvalue weighted by atomic mass is 16.6. The quantitative estimate of drug-likeness (QED) is 0.588. The Morgan fingerprint density at radius 1 is 0.941 bits per heavy atom. The van der Waals surface area contributed by atoms with E-state index in [2.05, 4.69) is 0 Å². The summed E-state index contributed by atoms with van der Waals surface area (Å²) in [4.78, 5) is 20.5. The van der Waals surface area contributed by atoms with Gasteiger partial charge >= 0.3 is 0 Å². The van der Waals surface area contributed by atoms with Crippen molar-refractivity contribution in [3.8, 4) is 0 Å². The Morgan fingerprint density at radius 3 is 2.00 bits per heavy atom. The molecule has 2 aromatic carbocycles. The van der Waals surface area contributed by atoms with E-state index in [0.29, 0.717) is 16.3 Å². The molecule has 0 N–H and O–H groups in total. The van der Waals surface area contributed by atoms with E-state index in [4.69, 9.17) is 0 Å². The summed E-state index contributed by atoms with van der Waals surface area (Å²) in [5, 5.41) is 22.7. The molecule has 2 aromatic rings. The van der Waals surface area contributed by atoms with E-state index in [-0.39, 0.29) is 11.4 Å². The average molecular weight is 232 g/mol. The van der Waals surface area contributed by atoms with Crippen LogP contribution in [0.15, 0.2) is 30.3 Å². The maximum Gasteiger partial charge on any atom is 0.284 e. The Morgan fingerprint density at radius 2 is 1.47 bits per heavy atom. The van der Waals surface area contributed by atoms with Crippen LogP contribution in [0.5, 0.6) is 0 Å². The number of non-ortho nitro benzene ring substituents is 1. The minimum Gasteiger partial charge on any atom is -0.258 e. The van der Waals surface area contributed by atoms with Crippen LogP contribution >= 0.6 is 0 Å². The number of hydrogen-bond acceptors (Lipinski definition) is 4. The molecule has 0 amide bonds. The lowest BCUT2D eigenvalue weighted by molar-refractivity contribution is -0.393. The zero-order valence-corrected chi connectivity index (χ0v) is 8.91. The van der Waals surface area contributed by atoms with Gasteiger partial charge in [-0.1, -0.05) is 18.2 Å². The predicted octanol–water partition coefficient (Wildman–Crippen LogP) is 2.96. The smallest absolute Gasteiger partial charge is 0.258 e. The van der Waals surface area contributed by atoms with Gasteiger partial charge in [-0.25, -0.2) is 0 Å². The Hall–Kier alpha value is -2.50. The summed E-state index contributed by atoms with van der Waals surface area (Å²) in [6.45, 7) is 1.59. The fourth-order valence-corrected chi connectivity index (χ4v) is 1.83. The van der Waals surface area contributed by atoms with Gasteiger partial charge in [-0.15, -0.1) is 0 Å². The molecule has 0 unspecified atom stereocenters. The zero-order chi connectivity index (χ0) is 12.6. The first-order valence-electron chi connectivity index (χ1n) is 4.83. The van der Waals surface area contributed by atoms with E-state index in [1.165, 1.54) is 0 Å². The molecule has 0 saturated heterocycles. The van der Waals surface area contributed by atoms with Crippen molar-refractivity contribution in [2.75, 3.05) is 0 Å². The van der Waals surface area contributed by atoms with Crippen LogP contribution in [0.25, 0.3) is 10.8 Å². The molecule has 0 bridgehead atoms. The van der Waals surface area contributed by atoms with Gasteiger partial charge in [0, 0.05) is 5.56 Å². The molecule has 0 aliphatic carbocycles. The number of benzene rings is 2. The number of rotatable bonds is 2.